The lowest BCUT2D eigenvalue weighted by Gasteiger charge is -2.41. The number of thiazole rings is 1. The Balaban J connectivity index is 1.50. The predicted octanol–water partition coefficient (Wildman–Crippen LogP) is 5.97. The second-order valence-electron chi connectivity index (χ2n) is 9.24. The molecule has 2 heterocycles. The molecule has 2 aromatic carbocycles. The van der Waals surface area contributed by atoms with Gasteiger partial charge in [-0.3, -0.25) is 4.90 Å². The number of hydrogen-bond donors (Lipinski definition) is 1. The van der Waals surface area contributed by atoms with E-state index in [9.17, 15) is 18.0 Å². The van der Waals surface area contributed by atoms with Crippen LogP contribution in [0.1, 0.15) is 42.9 Å². The Bertz CT molecular complexity index is 1210. The number of nitrogens with zero attached hydrogens (tertiary/aromatic N) is 3. The molecule has 0 bridgehead atoms. The molecule has 1 aliphatic heterocycles. The highest BCUT2D eigenvalue weighted by Gasteiger charge is 2.32. The molecule has 1 unspecified atom stereocenters. The number of rotatable bonds is 9. The van der Waals surface area contributed by atoms with E-state index >= 15 is 0 Å². The van der Waals surface area contributed by atoms with Crippen molar-refractivity contribution in [3.8, 4) is 5.75 Å². The van der Waals surface area contributed by atoms with E-state index in [0.29, 0.717) is 22.5 Å². The van der Waals surface area contributed by atoms with Crippen molar-refractivity contribution in [2.24, 2.45) is 0 Å². The average molecular weight is 522 g/mol. The Kier molecular flexibility index (Phi) is 8.04. The summed E-state index contributed by atoms with van der Waals surface area (Å²) < 4.78 is 45.4. The highest BCUT2D eigenvalue weighted by Crippen LogP contribution is 2.37. The molecule has 3 aromatic rings. The van der Waals surface area contributed by atoms with E-state index in [0.717, 1.165) is 61.2 Å². The standard InChI is InChI=1S/C26H30F3N3O3S/c1-3-4-5-20-15-31(14-18-10-17(2)11-21(12-18)35-16-24(33)34)8-9-32(20)25-30-22-7-6-19(26(27,28)29)13-23(22)36-25/h6-7,10-13,20H,3-5,8-9,14-16H2,1-2H3,(H,33,34). The molecule has 1 saturated heterocycles. The van der Waals surface area contributed by atoms with E-state index in [4.69, 9.17) is 9.84 Å². The van der Waals surface area contributed by atoms with Gasteiger partial charge in [0.2, 0.25) is 0 Å². The number of ether oxygens (including phenoxy) is 1. The van der Waals surface area contributed by atoms with Gasteiger partial charge in [-0.15, -0.1) is 0 Å². The van der Waals surface area contributed by atoms with E-state index in [1.165, 1.54) is 23.5 Å². The van der Waals surface area contributed by atoms with E-state index in [1.807, 2.05) is 19.1 Å². The average Bonchev–Trinajstić information content (AvgIpc) is 3.24. The molecule has 194 valence electrons. The zero-order valence-corrected chi connectivity index (χ0v) is 21.2. The summed E-state index contributed by atoms with van der Waals surface area (Å²) in [4.78, 5) is 20.1. The third-order valence-electron chi connectivity index (χ3n) is 6.29. The minimum atomic E-state index is -4.37. The van der Waals surface area contributed by atoms with Gasteiger partial charge in [0, 0.05) is 32.2 Å². The first kappa shape index (κ1) is 26.2. The summed E-state index contributed by atoms with van der Waals surface area (Å²) in [5.41, 5.74) is 2.00. The fourth-order valence-corrected chi connectivity index (χ4v) is 5.72. The summed E-state index contributed by atoms with van der Waals surface area (Å²) in [5.74, 6) is -0.473. The Morgan fingerprint density at radius 1 is 1.22 bits per heavy atom. The van der Waals surface area contributed by atoms with E-state index in [1.54, 1.807) is 0 Å². The third-order valence-corrected chi connectivity index (χ3v) is 7.34. The molecule has 0 saturated carbocycles. The lowest BCUT2D eigenvalue weighted by atomic mass is 10.0. The van der Waals surface area contributed by atoms with Crippen molar-refractivity contribution in [3.05, 3.63) is 53.1 Å². The van der Waals surface area contributed by atoms with Crippen LogP contribution in [0, 0.1) is 6.92 Å². The number of hydrogen-bond acceptors (Lipinski definition) is 6. The summed E-state index contributed by atoms with van der Waals surface area (Å²) in [6.07, 6.45) is -1.30. The number of fused-ring (bicyclic) bond motifs is 1. The number of unbranched alkanes of at least 4 members (excludes halogenated alkanes) is 1. The molecule has 0 spiro atoms. The first-order valence-electron chi connectivity index (χ1n) is 12.0. The lowest BCUT2D eigenvalue weighted by Crippen LogP contribution is -2.53. The van der Waals surface area contributed by atoms with Gasteiger partial charge >= 0.3 is 12.1 Å². The van der Waals surface area contributed by atoms with Crippen LogP contribution < -0.4 is 9.64 Å². The molecular formula is C26H30F3N3O3S. The largest absolute Gasteiger partial charge is 0.482 e. The van der Waals surface area contributed by atoms with Crippen LogP contribution in [0.5, 0.6) is 5.75 Å². The number of piperazine rings is 1. The zero-order chi connectivity index (χ0) is 25.9. The minimum absolute atomic E-state index is 0.203. The maximum absolute atomic E-state index is 13.2. The van der Waals surface area contributed by atoms with Crippen LogP contribution in [-0.2, 0) is 17.5 Å². The number of halogens is 3. The quantitative estimate of drug-likeness (QED) is 0.374. The topological polar surface area (TPSA) is 65.9 Å². The van der Waals surface area contributed by atoms with Gasteiger partial charge in [0.05, 0.1) is 15.8 Å². The fourth-order valence-electron chi connectivity index (χ4n) is 4.62. The van der Waals surface area contributed by atoms with Crippen molar-refractivity contribution < 1.29 is 27.8 Å². The maximum Gasteiger partial charge on any atom is 0.416 e. The van der Waals surface area contributed by atoms with Crippen LogP contribution in [0.4, 0.5) is 18.3 Å². The lowest BCUT2D eigenvalue weighted by molar-refractivity contribution is -0.139. The van der Waals surface area contributed by atoms with Crippen LogP contribution in [0.3, 0.4) is 0 Å². The predicted molar refractivity (Wildman–Crippen MR) is 135 cm³/mol. The highest BCUT2D eigenvalue weighted by molar-refractivity contribution is 7.22. The molecule has 1 atom stereocenters. The number of alkyl halides is 3. The molecule has 1 aromatic heterocycles. The molecule has 1 N–H and O–H groups in total. The SMILES string of the molecule is CCCCC1CN(Cc2cc(C)cc(OCC(=O)O)c2)CCN1c1nc2ccc(C(F)(F)F)cc2s1. The number of aryl methyl sites for hydroxylation is 1. The molecule has 6 nitrogen and oxygen atoms in total. The van der Waals surface area contributed by atoms with Gasteiger partial charge in [-0.25, -0.2) is 9.78 Å². The van der Waals surface area contributed by atoms with Crippen molar-refractivity contribution in [3.63, 3.8) is 0 Å². The molecule has 4 rings (SSSR count). The Labute approximate surface area is 212 Å². The zero-order valence-electron chi connectivity index (χ0n) is 20.3. The van der Waals surface area contributed by atoms with E-state index in [2.05, 4.69) is 27.8 Å². The van der Waals surface area contributed by atoms with Crippen molar-refractivity contribution in [2.75, 3.05) is 31.1 Å². The first-order chi connectivity index (χ1) is 17.1. The van der Waals surface area contributed by atoms with Gasteiger partial charge in [-0.1, -0.05) is 37.2 Å². The van der Waals surface area contributed by atoms with Gasteiger partial charge < -0.3 is 14.7 Å². The number of aliphatic carboxylic acids is 1. The van der Waals surface area contributed by atoms with Crippen LogP contribution in [-0.4, -0.2) is 53.2 Å². The molecule has 0 radical (unpaired) electrons. The fraction of sp³-hybridized carbons (Fsp3) is 0.462. The van der Waals surface area contributed by atoms with Gasteiger partial charge in [-0.05, 0) is 54.8 Å². The molecule has 1 fully saturated rings. The molecule has 10 heteroatoms. The van der Waals surface area contributed by atoms with E-state index in [-0.39, 0.29) is 12.6 Å². The van der Waals surface area contributed by atoms with E-state index < -0.39 is 17.7 Å². The van der Waals surface area contributed by atoms with Crippen LogP contribution in [0.25, 0.3) is 10.2 Å². The van der Waals surface area contributed by atoms with Crippen molar-refractivity contribution in [1.29, 1.82) is 0 Å². The molecular weight excluding hydrogens is 491 g/mol. The number of carbonyl (C=O) groups is 1. The van der Waals surface area contributed by atoms with Crippen molar-refractivity contribution in [1.82, 2.24) is 9.88 Å². The van der Waals surface area contributed by atoms with Crippen LogP contribution >= 0.6 is 11.3 Å². The van der Waals surface area contributed by atoms with Crippen molar-refractivity contribution >= 4 is 32.7 Å². The van der Waals surface area contributed by atoms with Gasteiger partial charge in [-0.2, -0.15) is 13.2 Å². The molecule has 0 aliphatic carbocycles. The number of anilines is 1. The normalized spacial score (nSPS) is 17.0. The molecule has 1 aliphatic rings. The smallest absolute Gasteiger partial charge is 0.416 e. The molecule has 0 amide bonds. The van der Waals surface area contributed by atoms with Gasteiger partial charge in [0.15, 0.2) is 11.7 Å². The Hall–Kier alpha value is -2.85. The van der Waals surface area contributed by atoms with Crippen molar-refractivity contribution in [2.45, 2.75) is 51.9 Å². The summed E-state index contributed by atoms with van der Waals surface area (Å²) in [7, 11) is 0. The number of aromatic nitrogens is 1. The Morgan fingerprint density at radius 2 is 2.03 bits per heavy atom. The summed E-state index contributed by atoms with van der Waals surface area (Å²) in [5, 5.41) is 9.67. The number of carboxylic acid groups (broad SMARTS) is 1. The number of benzene rings is 2. The Morgan fingerprint density at radius 3 is 2.75 bits per heavy atom. The summed E-state index contributed by atoms with van der Waals surface area (Å²) in [6.45, 7) is 6.75. The summed E-state index contributed by atoms with van der Waals surface area (Å²) >= 11 is 1.32. The highest BCUT2D eigenvalue weighted by atomic mass is 32.1. The van der Waals surface area contributed by atoms with Crippen LogP contribution in [0.15, 0.2) is 36.4 Å². The number of carboxylic acids is 1. The second kappa shape index (κ2) is 11.0. The maximum atomic E-state index is 13.2. The minimum Gasteiger partial charge on any atom is -0.482 e. The monoisotopic (exact) mass is 521 g/mol. The second-order valence-corrected chi connectivity index (χ2v) is 10.2. The van der Waals surface area contributed by atoms with Gasteiger partial charge in [0.25, 0.3) is 0 Å². The third kappa shape index (κ3) is 6.47. The first-order valence-corrected chi connectivity index (χ1v) is 12.9. The van der Waals surface area contributed by atoms with Crippen LogP contribution in [0.2, 0.25) is 0 Å². The van der Waals surface area contributed by atoms with Gasteiger partial charge in [0.1, 0.15) is 5.75 Å². The summed E-state index contributed by atoms with van der Waals surface area (Å²) in [6, 6.07) is 9.73. The molecule has 36 heavy (non-hydrogen) atoms.